The van der Waals surface area contributed by atoms with Crippen molar-refractivity contribution in [1.29, 1.82) is 0 Å². The molecule has 98 valence electrons. The molecule has 0 radical (unpaired) electrons. The van der Waals surface area contributed by atoms with Crippen LogP contribution in [-0.2, 0) is 11.2 Å². The minimum Gasteiger partial charge on any atom is -0.383 e. The quantitative estimate of drug-likeness (QED) is 0.799. The van der Waals surface area contributed by atoms with Crippen LogP contribution in [0.4, 0.5) is 4.79 Å². The third-order valence-electron chi connectivity index (χ3n) is 3.38. The summed E-state index contributed by atoms with van der Waals surface area (Å²) in [6, 6.07) is 8.29. The van der Waals surface area contributed by atoms with Crippen LogP contribution in [-0.4, -0.2) is 26.3 Å². The largest absolute Gasteiger partial charge is 0.383 e. The highest BCUT2D eigenvalue weighted by Crippen LogP contribution is 2.35. The van der Waals surface area contributed by atoms with E-state index < -0.39 is 0 Å². The van der Waals surface area contributed by atoms with Gasteiger partial charge < -0.3 is 15.4 Å². The molecule has 1 aliphatic rings. The average Bonchev–Trinajstić information content (AvgIpc) is 2.67. The number of nitrogens with one attached hydrogen (secondary N) is 2. The van der Waals surface area contributed by atoms with Crippen LogP contribution in [0, 0.1) is 5.92 Å². The van der Waals surface area contributed by atoms with Crippen LogP contribution in [0.3, 0.4) is 0 Å². The van der Waals surface area contributed by atoms with Crippen LogP contribution in [0.5, 0.6) is 0 Å². The van der Waals surface area contributed by atoms with Gasteiger partial charge in [-0.25, -0.2) is 4.79 Å². The summed E-state index contributed by atoms with van der Waals surface area (Å²) >= 11 is 0. The van der Waals surface area contributed by atoms with Gasteiger partial charge >= 0.3 is 6.03 Å². The van der Waals surface area contributed by atoms with Crippen molar-refractivity contribution in [2.24, 2.45) is 5.92 Å². The van der Waals surface area contributed by atoms with Crippen molar-refractivity contribution >= 4 is 6.03 Å². The van der Waals surface area contributed by atoms with Gasteiger partial charge in [-0.3, -0.25) is 0 Å². The number of fused-ring (bicyclic) bond motifs is 1. The van der Waals surface area contributed by atoms with Crippen LogP contribution >= 0.6 is 0 Å². The summed E-state index contributed by atoms with van der Waals surface area (Å²) in [5.41, 5.74) is 2.58. The summed E-state index contributed by atoms with van der Waals surface area (Å²) < 4.78 is 4.90. The minimum absolute atomic E-state index is 0.115. The molecule has 2 rings (SSSR count). The molecule has 0 unspecified atom stereocenters. The van der Waals surface area contributed by atoms with Gasteiger partial charge in [-0.05, 0) is 23.5 Å². The first kappa shape index (κ1) is 12.9. The van der Waals surface area contributed by atoms with E-state index in [1.54, 1.807) is 7.11 Å². The number of carbonyl (C=O) groups excluding carboxylic acids is 1. The summed E-state index contributed by atoms with van der Waals surface area (Å²) in [5, 5.41) is 5.82. The third kappa shape index (κ3) is 2.82. The molecule has 0 saturated heterocycles. The van der Waals surface area contributed by atoms with E-state index in [2.05, 4.69) is 29.7 Å². The molecule has 4 heteroatoms. The Kier molecular flexibility index (Phi) is 4.20. The first-order valence-electron chi connectivity index (χ1n) is 6.33. The third-order valence-corrected chi connectivity index (χ3v) is 3.38. The normalized spacial score (nSPS) is 21.4. The SMILES string of the molecule is COCCNC(=O)N[C@H]1c2ccccc2C[C@@H]1C. The molecule has 0 heterocycles. The number of urea groups is 1. The number of rotatable bonds is 4. The van der Waals surface area contributed by atoms with Crippen molar-refractivity contribution < 1.29 is 9.53 Å². The van der Waals surface area contributed by atoms with Crippen molar-refractivity contribution in [3.8, 4) is 0 Å². The van der Waals surface area contributed by atoms with E-state index in [1.807, 2.05) is 12.1 Å². The lowest BCUT2D eigenvalue weighted by molar-refractivity contribution is 0.194. The number of methoxy groups -OCH3 is 1. The van der Waals surface area contributed by atoms with Crippen molar-refractivity contribution in [2.45, 2.75) is 19.4 Å². The second-order valence-corrected chi connectivity index (χ2v) is 4.75. The second kappa shape index (κ2) is 5.87. The molecular weight excluding hydrogens is 228 g/mol. The molecule has 2 N–H and O–H groups in total. The Balaban J connectivity index is 1.95. The van der Waals surface area contributed by atoms with Crippen LogP contribution in [0.2, 0.25) is 0 Å². The topological polar surface area (TPSA) is 50.4 Å². The maximum absolute atomic E-state index is 11.8. The van der Waals surface area contributed by atoms with Gasteiger partial charge in [0, 0.05) is 13.7 Å². The smallest absolute Gasteiger partial charge is 0.315 e. The standard InChI is InChI=1S/C14H20N2O2/c1-10-9-11-5-3-4-6-12(11)13(10)16-14(17)15-7-8-18-2/h3-6,10,13H,7-9H2,1-2H3,(H2,15,16,17)/t10-,13+/m0/s1. The lowest BCUT2D eigenvalue weighted by Gasteiger charge is -2.19. The summed E-state index contributed by atoms with van der Waals surface area (Å²) in [4.78, 5) is 11.8. The van der Waals surface area contributed by atoms with E-state index in [4.69, 9.17) is 4.74 Å². The summed E-state index contributed by atoms with van der Waals surface area (Å²) in [5.74, 6) is 0.440. The molecule has 0 spiro atoms. The lowest BCUT2D eigenvalue weighted by Crippen LogP contribution is -2.40. The van der Waals surface area contributed by atoms with Gasteiger partial charge in [0.15, 0.2) is 0 Å². The molecule has 1 aromatic rings. The molecule has 0 aliphatic heterocycles. The first-order valence-corrected chi connectivity index (χ1v) is 6.33. The minimum atomic E-state index is -0.124. The second-order valence-electron chi connectivity index (χ2n) is 4.75. The predicted molar refractivity (Wildman–Crippen MR) is 70.5 cm³/mol. The fourth-order valence-electron chi connectivity index (χ4n) is 2.47. The molecule has 0 aromatic heterocycles. The van der Waals surface area contributed by atoms with Crippen molar-refractivity contribution in [3.63, 3.8) is 0 Å². The zero-order valence-corrected chi connectivity index (χ0v) is 10.9. The van der Waals surface area contributed by atoms with E-state index in [1.165, 1.54) is 11.1 Å². The van der Waals surface area contributed by atoms with Crippen molar-refractivity contribution in [1.82, 2.24) is 10.6 Å². The van der Waals surface area contributed by atoms with Gasteiger partial charge in [-0.1, -0.05) is 31.2 Å². The summed E-state index contributed by atoms with van der Waals surface area (Å²) in [6.45, 7) is 3.23. The number of ether oxygens (including phenoxy) is 1. The molecule has 2 atom stereocenters. The number of amides is 2. The van der Waals surface area contributed by atoms with E-state index in [0.29, 0.717) is 19.1 Å². The Morgan fingerprint density at radius 1 is 1.44 bits per heavy atom. The molecule has 0 saturated carbocycles. The number of hydrogen-bond acceptors (Lipinski definition) is 2. The Labute approximate surface area is 108 Å². The van der Waals surface area contributed by atoms with Gasteiger partial charge in [0.1, 0.15) is 0 Å². The molecule has 18 heavy (non-hydrogen) atoms. The number of carbonyl (C=O) groups is 1. The van der Waals surface area contributed by atoms with Gasteiger partial charge in [0.05, 0.1) is 12.6 Å². The van der Waals surface area contributed by atoms with Gasteiger partial charge in [0.25, 0.3) is 0 Å². The molecule has 2 amide bonds. The fourth-order valence-corrected chi connectivity index (χ4v) is 2.47. The van der Waals surface area contributed by atoms with Gasteiger partial charge in [-0.15, -0.1) is 0 Å². The molecule has 0 fully saturated rings. The van der Waals surface area contributed by atoms with Crippen LogP contribution in [0.15, 0.2) is 24.3 Å². The fraction of sp³-hybridized carbons (Fsp3) is 0.500. The maximum atomic E-state index is 11.8. The Bertz CT molecular complexity index is 420. The van der Waals surface area contributed by atoms with Crippen molar-refractivity contribution in [2.75, 3.05) is 20.3 Å². The molecule has 4 nitrogen and oxygen atoms in total. The lowest BCUT2D eigenvalue weighted by atomic mass is 10.0. The summed E-state index contributed by atoms with van der Waals surface area (Å²) in [6.07, 6.45) is 1.03. The highest BCUT2D eigenvalue weighted by molar-refractivity contribution is 5.74. The van der Waals surface area contributed by atoms with Gasteiger partial charge in [0.2, 0.25) is 0 Å². The maximum Gasteiger partial charge on any atom is 0.315 e. The molecule has 1 aromatic carbocycles. The average molecular weight is 248 g/mol. The van der Waals surface area contributed by atoms with Crippen LogP contribution in [0.25, 0.3) is 0 Å². The zero-order chi connectivity index (χ0) is 13.0. The van der Waals surface area contributed by atoms with Crippen LogP contribution in [0.1, 0.15) is 24.1 Å². The first-order chi connectivity index (χ1) is 8.72. The molecular formula is C14H20N2O2. The molecule has 0 bridgehead atoms. The highest BCUT2D eigenvalue weighted by atomic mass is 16.5. The van der Waals surface area contributed by atoms with Crippen molar-refractivity contribution in [3.05, 3.63) is 35.4 Å². The monoisotopic (exact) mass is 248 g/mol. The van der Waals surface area contributed by atoms with E-state index in [0.717, 1.165) is 6.42 Å². The van der Waals surface area contributed by atoms with E-state index in [9.17, 15) is 4.79 Å². The molecule has 1 aliphatic carbocycles. The number of hydrogen-bond donors (Lipinski definition) is 2. The zero-order valence-electron chi connectivity index (χ0n) is 10.9. The van der Waals surface area contributed by atoms with Gasteiger partial charge in [-0.2, -0.15) is 0 Å². The van der Waals surface area contributed by atoms with Crippen LogP contribution < -0.4 is 10.6 Å². The predicted octanol–water partition coefficient (Wildman–Crippen LogP) is 1.87. The Hall–Kier alpha value is -1.55. The Morgan fingerprint density at radius 2 is 2.22 bits per heavy atom. The number of benzene rings is 1. The van der Waals surface area contributed by atoms with E-state index in [-0.39, 0.29) is 12.1 Å². The summed E-state index contributed by atoms with van der Waals surface area (Å²) in [7, 11) is 1.62. The Morgan fingerprint density at radius 3 is 3.00 bits per heavy atom. The van der Waals surface area contributed by atoms with E-state index >= 15 is 0 Å². The highest BCUT2D eigenvalue weighted by Gasteiger charge is 2.29.